The minimum absolute atomic E-state index is 0.0860. The van der Waals surface area contributed by atoms with Crippen LogP contribution in [0.4, 0.5) is 0 Å². The van der Waals surface area contributed by atoms with Crippen LogP contribution in [0.15, 0.2) is 4.99 Å². The maximum absolute atomic E-state index is 11.7. The van der Waals surface area contributed by atoms with E-state index in [1.807, 2.05) is 0 Å². The zero-order valence-corrected chi connectivity index (χ0v) is 11.4. The fraction of sp³-hybridized carbons (Fsp3) is 0.750. The molecule has 3 fully saturated rings. The quantitative estimate of drug-likeness (QED) is 0.664. The second-order valence-corrected chi connectivity index (χ2v) is 6.17. The number of ether oxygens (including phenoxy) is 1. The highest BCUT2D eigenvalue weighted by atomic mass is 32.2. The van der Waals surface area contributed by atoms with Crippen molar-refractivity contribution in [3.8, 4) is 0 Å². The van der Waals surface area contributed by atoms with Gasteiger partial charge in [-0.25, -0.2) is 4.99 Å². The molecule has 0 aromatic heterocycles. The molecular weight excluding hydrogens is 266 g/mol. The predicted octanol–water partition coefficient (Wildman–Crippen LogP) is 0.0332. The molecule has 0 aromatic carbocycles. The third-order valence-corrected chi connectivity index (χ3v) is 4.97. The first-order chi connectivity index (χ1) is 9.17. The van der Waals surface area contributed by atoms with Gasteiger partial charge in [-0.3, -0.25) is 14.9 Å². The van der Waals surface area contributed by atoms with Crippen LogP contribution in [0.25, 0.3) is 0 Å². The molecule has 0 aromatic rings. The second-order valence-electron chi connectivity index (χ2n) is 5.21. The van der Waals surface area contributed by atoms with E-state index in [2.05, 4.69) is 15.6 Å². The minimum atomic E-state index is -0.428. The molecule has 1 atom stereocenters. The van der Waals surface area contributed by atoms with Crippen molar-refractivity contribution < 1.29 is 14.3 Å². The Hall–Kier alpha value is -1.08. The summed E-state index contributed by atoms with van der Waals surface area (Å²) in [5, 5.41) is 6.62. The molecule has 2 amide bonds. The number of imide groups is 1. The van der Waals surface area contributed by atoms with Gasteiger partial charge in [-0.1, -0.05) is 11.8 Å². The number of rotatable bonds is 1. The fourth-order valence-electron chi connectivity index (χ4n) is 2.55. The van der Waals surface area contributed by atoms with E-state index < -0.39 is 6.04 Å². The molecule has 104 valence electrons. The highest BCUT2D eigenvalue weighted by Gasteiger charge is 2.39. The number of nitrogens with zero attached hydrogens (tertiary/aromatic N) is 1. The molecule has 3 rings (SSSR count). The zero-order chi connectivity index (χ0) is 13.3. The average molecular weight is 283 g/mol. The van der Waals surface area contributed by atoms with E-state index in [-0.39, 0.29) is 17.4 Å². The van der Waals surface area contributed by atoms with Crippen LogP contribution in [0.5, 0.6) is 0 Å². The third-order valence-electron chi connectivity index (χ3n) is 3.79. The van der Waals surface area contributed by atoms with Crippen LogP contribution in [-0.4, -0.2) is 47.5 Å². The maximum atomic E-state index is 11.7. The maximum Gasteiger partial charge on any atom is 0.251 e. The molecule has 2 N–H and O–H groups in total. The van der Waals surface area contributed by atoms with Gasteiger partial charge in [0.2, 0.25) is 5.91 Å². The summed E-state index contributed by atoms with van der Waals surface area (Å²) in [6.07, 6.45) is 2.84. The van der Waals surface area contributed by atoms with Crippen molar-refractivity contribution in [3.63, 3.8) is 0 Å². The van der Waals surface area contributed by atoms with Crippen molar-refractivity contribution >= 4 is 28.7 Å². The summed E-state index contributed by atoms with van der Waals surface area (Å²) >= 11 is 1.66. The molecule has 0 radical (unpaired) electrons. The molecule has 3 aliphatic rings. The number of hydrogen-bond acceptors (Lipinski definition) is 5. The summed E-state index contributed by atoms with van der Waals surface area (Å²) in [7, 11) is 0. The molecule has 3 aliphatic heterocycles. The average Bonchev–Trinajstić information content (AvgIpc) is 2.77. The molecule has 3 saturated heterocycles. The normalized spacial score (nSPS) is 32.4. The number of amidine groups is 1. The SMILES string of the molecule is O=C1CCC(N=C2NC3(CCOCC3)CS2)C(=O)N1. The van der Waals surface area contributed by atoms with Crippen molar-refractivity contribution in [3.05, 3.63) is 0 Å². The molecule has 1 unspecified atom stereocenters. The first kappa shape index (κ1) is 12.9. The molecule has 6 nitrogen and oxygen atoms in total. The molecular formula is C12H17N3O3S. The van der Waals surface area contributed by atoms with Gasteiger partial charge in [-0.05, 0) is 19.3 Å². The van der Waals surface area contributed by atoms with Gasteiger partial charge >= 0.3 is 0 Å². The summed E-state index contributed by atoms with van der Waals surface area (Å²) in [5.41, 5.74) is 0.0860. The van der Waals surface area contributed by atoms with E-state index in [1.165, 1.54) is 0 Å². The van der Waals surface area contributed by atoms with E-state index >= 15 is 0 Å². The fourth-order valence-corrected chi connectivity index (χ4v) is 3.82. The summed E-state index contributed by atoms with van der Waals surface area (Å²) in [5.74, 6) is 0.496. The third kappa shape index (κ3) is 2.76. The summed E-state index contributed by atoms with van der Waals surface area (Å²) in [4.78, 5) is 27.2. The van der Waals surface area contributed by atoms with Crippen molar-refractivity contribution in [1.82, 2.24) is 10.6 Å². The number of aliphatic imine (C=N–C) groups is 1. The molecule has 1 spiro atoms. The van der Waals surface area contributed by atoms with Crippen LogP contribution in [0, 0.1) is 0 Å². The number of carbonyl (C=O) groups is 2. The van der Waals surface area contributed by atoms with Crippen molar-refractivity contribution in [2.75, 3.05) is 19.0 Å². The van der Waals surface area contributed by atoms with Gasteiger partial charge < -0.3 is 10.1 Å². The summed E-state index contributed by atoms with van der Waals surface area (Å²) in [6, 6.07) is -0.428. The van der Waals surface area contributed by atoms with E-state index in [1.54, 1.807) is 11.8 Å². The first-order valence-electron chi connectivity index (χ1n) is 6.57. The van der Waals surface area contributed by atoms with E-state index in [9.17, 15) is 9.59 Å². The van der Waals surface area contributed by atoms with Crippen LogP contribution in [0.2, 0.25) is 0 Å². The lowest BCUT2D eigenvalue weighted by atomic mass is 9.93. The Kier molecular flexibility index (Phi) is 3.49. The molecule has 0 saturated carbocycles. The Morgan fingerprint density at radius 1 is 1.32 bits per heavy atom. The Balaban J connectivity index is 1.65. The van der Waals surface area contributed by atoms with E-state index in [0.717, 1.165) is 37.0 Å². The second kappa shape index (κ2) is 5.13. The van der Waals surface area contributed by atoms with Gasteiger partial charge in [0.15, 0.2) is 5.17 Å². The standard InChI is InChI=1S/C12H17N3O3S/c16-9-2-1-8(10(17)14-9)13-11-15-12(7-19-11)3-5-18-6-4-12/h8H,1-7H2,(H,13,15)(H,14,16,17). The van der Waals surface area contributed by atoms with E-state index in [4.69, 9.17) is 4.74 Å². The highest BCUT2D eigenvalue weighted by Crippen LogP contribution is 2.32. The number of piperidine rings is 1. The zero-order valence-electron chi connectivity index (χ0n) is 10.6. The molecule has 0 aliphatic carbocycles. The summed E-state index contributed by atoms with van der Waals surface area (Å²) in [6.45, 7) is 1.55. The van der Waals surface area contributed by atoms with Crippen LogP contribution < -0.4 is 10.6 Å². The van der Waals surface area contributed by atoms with Crippen LogP contribution >= 0.6 is 11.8 Å². The molecule has 19 heavy (non-hydrogen) atoms. The van der Waals surface area contributed by atoms with Crippen LogP contribution in [0.1, 0.15) is 25.7 Å². The topological polar surface area (TPSA) is 79.8 Å². The lowest BCUT2D eigenvalue weighted by Crippen LogP contribution is -2.49. The van der Waals surface area contributed by atoms with E-state index in [0.29, 0.717) is 12.8 Å². The van der Waals surface area contributed by atoms with Gasteiger partial charge in [0, 0.05) is 25.4 Å². The largest absolute Gasteiger partial charge is 0.381 e. The molecule has 0 bridgehead atoms. The van der Waals surface area contributed by atoms with Gasteiger partial charge in [-0.15, -0.1) is 0 Å². The Morgan fingerprint density at radius 2 is 2.11 bits per heavy atom. The lowest BCUT2D eigenvalue weighted by Gasteiger charge is -2.32. The smallest absolute Gasteiger partial charge is 0.251 e. The van der Waals surface area contributed by atoms with Crippen molar-refractivity contribution in [2.24, 2.45) is 4.99 Å². The number of carbonyl (C=O) groups excluding carboxylic acids is 2. The highest BCUT2D eigenvalue weighted by molar-refractivity contribution is 8.14. The van der Waals surface area contributed by atoms with Crippen LogP contribution in [0.3, 0.4) is 0 Å². The van der Waals surface area contributed by atoms with Gasteiger partial charge in [-0.2, -0.15) is 0 Å². The predicted molar refractivity (Wildman–Crippen MR) is 72.0 cm³/mol. The molecule has 7 heteroatoms. The number of amides is 2. The lowest BCUT2D eigenvalue weighted by molar-refractivity contribution is -0.133. The Bertz CT molecular complexity index is 432. The Morgan fingerprint density at radius 3 is 2.84 bits per heavy atom. The minimum Gasteiger partial charge on any atom is -0.381 e. The van der Waals surface area contributed by atoms with Gasteiger partial charge in [0.1, 0.15) is 6.04 Å². The van der Waals surface area contributed by atoms with Gasteiger partial charge in [0.25, 0.3) is 5.91 Å². The summed E-state index contributed by atoms with van der Waals surface area (Å²) < 4.78 is 5.38. The van der Waals surface area contributed by atoms with Gasteiger partial charge in [0.05, 0.1) is 5.54 Å². The first-order valence-corrected chi connectivity index (χ1v) is 7.56. The monoisotopic (exact) mass is 283 g/mol. The number of hydrogen-bond donors (Lipinski definition) is 2. The number of thioether (sulfide) groups is 1. The van der Waals surface area contributed by atoms with Crippen LogP contribution in [-0.2, 0) is 14.3 Å². The van der Waals surface area contributed by atoms with Crippen molar-refractivity contribution in [2.45, 2.75) is 37.3 Å². The molecule has 3 heterocycles. The number of nitrogens with one attached hydrogen (secondary N) is 2. The van der Waals surface area contributed by atoms with Crippen molar-refractivity contribution in [1.29, 1.82) is 0 Å². The Labute approximate surface area is 115 Å².